The van der Waals surface area contributed by atoms with Crippen LogP contribution in [0.3, 0.4) is 0 Å². The lowest BCUT2D eigenvalue weighted by molar-refractivity contribution is -0.232. The highest BCUT2D eigenvalue weighted by Gasteiger charge is 2.52. The Balaban J connectivity index is 1.77. The molecule has 0 spiro atoms. The lowest BCUT2D eigenvalue weighted by Crippen LogP contribution is -2.53. The molecule has 4 rings (SSSR count). The molecule has 2 saturated heterocycles. The maximum atomic E-state index is 6.64. The van der Waals surface area contributed by atoms with Crippen molar-refractivity contribution >= 4 is 0 Å². The molecule has 1 saturated carbocycles. The van der Waals surface area contributed by atoms with Crippen LogP contribution in [0.2, 0.25) is 0 Å². The molecule has 3 unspecified atom stereocenters. The average Bonchev–Trinajstić information content (AvgIpc) is 2.72. The van der Waals surface area contributed by atoms with Crippen molar-refractivity contribution in [2.45, 2.75) is 83.7 Å². The van der Waals surface area contributed by atoms with Crippen LogP contribution in [0.25, 0.3) is 0 Å². The summed E-state index contributed by atoms with van der Waals surface area (Å²) in [5.41, 5.74) is 2.52. The first-order valence-corrected chi connectivity index (χ1v) is 8.83. The molecule has 2 nitrogen and oxygen atoms in total. The Bertz CT molecular complexity index is 522. The number of aryl methyl sites for hydroxylation is 1. The van der Waals surface area contributed by atoms with Gasteiger partial charge in [0.1, 0.15) is 0 Å². The SMILES string of the molecule is CCC12CCC(CCC1OCc1ccccc1C)C(C)(C)O2. The zero-order valence-corrected chi connectivity index (χ0v) is 14.5. The van der Waals surface area contributed by atoms with Crippen molar-refractivity contribution in [3.63, 3.8) is 0 Å². The predicted octanol–water partition coefficient (Wildman–Crippen LogP) is 5.03. The lowest BCUT2D eigenvalue weighted by Gasteiger charge is -2.49. The van der Waals surface area contributed by atoms with Crippen LogP contribution in [0, 0.1) is 12.8 Å². The van der Waals surface area contributed by atoms with Gasteiger partial charge >= 0.3 is 0 Å². The maximum Gasteiger partial charge on any atom is 0.0947 e. The van der Waals surface area contributed by atoms with E-state index in [0.29, 0.717) is 12.5 Å². The third kappa shape index (κ3) is 2.83. The molecule has 22 heavy (non-hydrogen) atoms. The Labute approximate surface area is 135 Å². The summed E-state index contributed by atoms with van der Waals surface area (Å²) in [6, 6.07) is 8.52. The Morgan fingerprint density at radius 1 is 1.18 bits per heavy atom. The van der Waals surface area contributed by atoms with Gasteiger partial charge in [-0.05, 0) is 69.9 Å². The fourth-order valence-electron chi connectivity index (χ4n) is 4.43. The van der Waals surface area contributed by atoms with Gasteiger partial charge in [-0.25, -0.2) is 0 Å². The minimum Gasteiger partial charge on any atom is -0.371 e. The summed E-state index contributed by atoms with van der Waals surface area (Å²) in [6.45, 7) is 9.65. The highest BCUT2D eigenvalue weighted by Crippen LogP contribution is 2.50. The van der Waals surface area contributed by atoms with Crippen LogP contribution in [0.15, 0.2) is 24.3 Å². The van der Waals surface area contributed by atoms with E-state index in [4.69, 9.17) is 9.47 Å². The Hall–Kier alpha value is -0.860. The molecule has 2 heterocycles. The predicted molar refractivity (Wildman–Crippen MR) is 89.9 cm³/mol. The smallest absolute Gasteiger partial charge is 0.0947 e. The van der Waals surface area contributed by atoms with Crippen molar-refractivity contribution in [2.24, 2.45) is 5.92 Å². The molecule has 1 aliphatic carbocycles. The summed E-state index contributed by atoms with van der Waals surface area (Å²) in [5.74, 6) is 0.680. The summed E-state index contributed by atoms with van der Waals surface area (Å²) in [5, 5.41) is 0. The largest absolute Gasteiger partial charge is 0.371 e. The van der Waals surface area contributed by atoms with E-state index in [2.05, 4.69) is 52.0 Å². The van der Waals surface area contributed by atoms with Gasteiger partial charge in [0.05, 0.1) is 23.9 Å². The lowest BCUT2D eigenvalue weighted by atomic mass is 9.79. The normalized spacial score (nSPS) is 33.6. The third-order valence-corrected chi connectivity index (χ3v) is 6.03. The molecular weight excluding hydrogens is 272 g/mol. The fourth-order valence-corrected chi connectivity index (χ4v) is 4.43. The molecule has 0 radical (unpaired) electrons. The minimum atomic E-state index is -0.0841. The Kier molecular flexibility index (Phi) is 4.35. The molecule has 3 atom stereocenters. The highest BCUT2D eigenvalue weighted by atomic mass is 16.6. The van der Waals surface area contributed by atoms with Crippen molar-refractivity contribution in [3.8, 4) is 0 Å². The minimum absolute atomic E-state index is 0.00493. The number of hydrogen-bond donors (Lipinski definition) is 0. The highest BCUT2D eigenvalue weighted by molar-refractivity contribution is 5.24. The monoisotopic (exact) mass is 302 g/mol. The molecule has 1 aromatic carbocycles. The molecule has 3 fully saturated rings. The molecular formula is C20H30O2. The maximum absolute atomic E-state index is 6.64. The van der Waals surface area contributed by atoms with Gasteiger partial charge in [0, 0.05) is 0 Å². The molecule has 3 aliphatic rings. The Morgan fingerprint density at radius 2 is 1.95 bits per heavy atom. The number of rotatable bonds is 4. The summed E-state index contributed by atoms with van der Waals surface area (Å²) < 4.78 is 13.1. The van der Waals surface area contributed by atoms with E-state index >= 15 is 0 Å². The van der Waals surface area contributed by atoms with Crippen LogP contribution in [-0.4, -0.2) is 17.3 Å². The van der Waals surface area contributed by atoms with Gasteiger partial charge in [-0.15, -0.1) is 0 Å². The van der Waals surface area contributed by atoms with E-state index in [1.165, 1.54) is 24.0 Å². The molecule has 1 aromatic rings. The second-order valence-electron chi connectivity index (χ2n) is 7.66. The Morgan fingerprint density at radius 3 is 2.64 bits per heavy atom. The van der Waals surface area contributed by atoms with E-state index in [9.17, 15) is 0 Å². The van der Waals surface area contributed by atoms with Crippen molar-refractivity contribution in [1.82, 2.24) is 0 Å². The van der Waals surface area contributed by atoms with E-state index in [1.807, 2.05) is 0 Å². The van der Waals surface area contributed by atoms with Crippen molar-refractivity contribution in [1.29, 1.82) is 0 Å². The average molecular weight is 302 g/mol. The van der Waals surface area contributed by atoms with Crippen LogP contribution in [0.4, 0.5) is 0 Å². The molecule has 0 N–H and O–H groups in total. The number of fused-ring (bicyclic) bond motifs is 4. The summed E-state index contributed by atoms with van der Waals surface area (Å²) in [4.78, 5) is 0. The number of benzene rings is 1. The first kappa shape index (κ1) is 16.0. The van der Waals surface area contributed by atoms with E-state index < -0.39 is 0 Å². The van der Waals surface area contributed by atoms with E-state index in [-0.39, 0.29) is 17.3 Å². The van der Waals surface area contributed by atoms with Gasteiger partial charge in [0.2, 0.25) is 0 Å². The van der Waals surface area contributed by atoms with Gasteiger partial charge in [-0.3, -0.25) is 0 Å². The molecule has 122 valence electrons. The van der Waals surface area contributed by atoms with Crippen LogP contribution >= 0.6 is 0 Å². The second kappa shape index (κ2) is 5.98. The topological polar surface area (TPSA) is 18.5 Å². The molecule has 0 aromatic heterocycles. The number of hydrogen-bond acceptors (Lipinski definition) is 2. The van der Waals surface area contributed by atoms with Crippen LogP contribution in [-0.2, 0) is 16.1 Å². The van der Waals surface area contributed by atoms with E-state index in [1.54, 1.807) is 0 Å². The van der Waals surface area contributed by atoms with Crippen LogP contribution in [0.5, 0.6) is 0 Å². The number of ether oxygens (including phenoxy) is 2. The van der Waals surface area contributed by atoms with Crippen molar-refractivity contribution in [2.75, 3.05) is 0 Å². The van der Waals surface area contributed by atoms with Gasteiger partial charge in [-0.1, -0.05) is 31.2 Å². The first-order chi connectivity index (χ1) is 10.5. The zero-order chi connectivity index (χ0) is 15.8. The molecule has 2 heteroatoms. The quantitative estimate of drug-likeness (QED) is 0.776. The second-order valence-corrected chi connectivity index (χ2v) is 7.66. The van der Waals surface area contributed by atoms with Gasteiger partial charge in [-0.2, -0.15) is 0 Å². The third-order valence-electron chi connectivity index (χ3n) is 6.03. The molecule has 2 aliphatic heterocycles. The van der Waals surface area contributed by atoms with Gasteiger partial charge in [0.15, 0.2) is 0 Å². The molecule has 0 amide bonds. The van der Waals surface area contributed by atoms with Crippen molar-refractivity contribution in [3.05, 3.63) is 35.4 Å². The van der Waals surface area contributed by atoms with Gasteiger partial charge < -0.3 is 9.47 Å². The van der Waals surface area contributed by atoms with Gasteiger partial charge in [0.25, 0.3) is 0 Å². The summed E-state index contributed by atoms with van der Waals surface area (Å²) >= 11 is 0. The first-order valence-electron chi connectivity index (χ1n) is 8.83. The standard InChI is InChI=1S/C20H30O2/c1-5-20-13-12-17(19(3,4)22-20)10-11-18(20)21-14-16-9-7-6-8-15(16)2/h6-9,17-18H,5,10-14H2,1-4H3. The zero-order valence-electron chi connectivity index (χ0n) is 14.5. The molecule has 2 bridgehead atoms. The fraction of sp³-hybridized carbons (Fsp3) is 0.700. The van der Waals surface area contributed by atoms with E-state index in [0.717, 1.165) is 19.3 Å². The summed E-state index contributed by atoms with van der Waals surface area (Å²) in [7, 11) is 0. The summed E-state index contributed by atoms with van der Waals surface area (Å²) in [6.07, 6.45) is 6.06. The van der Waals surface area contributed by atoms with Crippen LogP contribution < -0.4 is 0 Å². The van der Waals surface area contributed by atoms with Crippen LogP contribution in [0.1, 0.15) is 64.0 Å². The van der Waals surface area contributed by atoms with Crippen molar-refractivity contribution < 1.29 is 9.47 Å².